The van der Waals surface area contributed by atoms with Gasteiger partial charge in [-0.3, -0.25) is 9.69 Å². The van der Waals surface area contributed by atoms with Crippen molar-refractivity contribution in [2.24, 2.45) is 0 Å². The number of anilines is 2. The highest BCUT2D eigenvalue weighted by molar-refractivity contribution is 7.13. The predicted octanol–water partition coefficient (Wildman–Crippen LogP) is 3.48. The van der Waals surface area contributed by atoms with Crippen LogP contribution in [0.15, 0.2) is 54.0 Å². The van der Waals surface area contributed by atoms with E-state index in [0.717, 1.165) is 54.9 Å². The summed E-state index contributed by atoms with van der Waals surface area (Å²) in [6.45, 7) is 6.32. The quantitative estimate of drug-likeness (QED) is 0.678. The molecule has 4 rings (SSSR count). The molecule has 1 N–H and O–H groups in total. The molecule has 3 aromatic rings. The lowest BCUT2D eigenvalue weighted by atomic mass is 10.2. The molecule has 1 amide bonds. The first-order valence-corrected chi connectivity index (χ1v) is 10.7. The van der Waals surface area contributed by atoms with Crippen LogP contribution in [0.2, 0.25) is 0 Å². The lowest BCUT2D eigenvalue weighted by Crippen LogP contribution is -2.48. The Hall–Kier alpha value is -2.77. The molecular formula is C22H25N5OS. The molecular weight excluding hydrogens is 382 g/mol. The maximum Gasteiger partial charge on any atom is 0.228 e. The Kier molecular flexibility index (Phi) is 6.17. The molecule has 150 valence electrons. The van der Waals surface area contributed by atoms with Crippen LogP contribution in [0.25, 0.3) is 0 Å². The molecule has 0 atom stereocenters. The van der Waals surface area contributed by atoms with Gasteiger partial charge in [-0.1, -0.05) is 30.3 Å². The molecule has 0 bridgehead atoms. The molecule has 1 aliphatic heterocycles. The van der Waals surface area contributed by atoms with Gasteiger partial charge < -0.3 is 10.2 Å². The second-order valence-corrected chi connectivity index (χ2v) is 8.16. The minimum Gasteiger partial charge on any atom is -0.340 e. The molecule has 1 fully saturated rings. The number of amides is 1. The van der Waals surface area contributed by atoms with Crippen LogP contribution in [-0.4, -0.2) is 51.9 Å². The molecule has 7 heteroatoms. The van der Waals surface area contributed by atoms with Gasteiger partial charge >= 0.3 is 0 Å². The van der Waals surface area contributed by atoms with Crippen molar-refractivity contribution in [1.29, 1.82) is 0 Å². The minimum absolute atomic E-state index is 0.148. The summed E-state index contributed by atoms with van der Waals surface area (Å²) in [6.07, 6.45) is 2.12. The molecule has 0 aliphatic carbocycles. The van der Waals surface area contributed by atoms with Gasteiger partial charge in [0.05, 0.1) is 12.1 Å². The standard InChI is InChI=1S/C22H25N5OS/c1-17-7-8-23-20(13-17)25-22-24-19(16-29-22)14-21(28)27-11-9-26(10-12-27)15-18-5-3-2-4-6-18/h2-8,13,16H,9-12,14-15H2,1H3,(H,23,24,25). The van der Waals surface area contributed by atoms with Gasteiger partial charge in [-0.2, -0.15) is 0 Å². The summed E-state index contributed by atoms with van der Waals surface area (Å²) in [5, 5.41) is 5.92. The summed E-state index contributed by atoms with van der Waals surface area (Å²) in [7, 11) is 0. The number of hydrogen-bond donors (Lipinski definition) is 1. The van der Waals surface area contributed by atoms with E-state index in [9.17, 15) is 4.79 Å². The predicted molar refractivity (Wildman–Crippen MR) is 116 cm³/mol. The molecule has 2 aromatic heterocycles. The number of nitrogens with one attached hydrogen (secondary N) is 1. The maximum absolute atomic E-state index is 12.7. The van der Waals surface area contributed by atoms with E-state index >= 15 is 0 Å². The molecule has 6 nitrogen and oxygen atoms in total. The van der Waals surface area contributed by atoms with Gasteiger partial charge in [0.1, 0.15) is 5.82 Å². The van der Waals surface area contributed by atoms with Crippen molar-refractivity contribution in [2.45, 2.75) is 19.9 Å². The van der Waals surface area contributed by atoms with Gasteiger partial charge in [-0.25, -0.2) is 9.97 Å². The van der Waals surface area contributed by atoms with Crippen LogP contribution in [-0.2, 0) is 17.8 Å². The van der Waals surface area contributed by atoms with E-state index in [1.807, 2.05) is 35.4 Å². The van der Waals surface area contributed by atoms with Crippen LogP contribution in [0.5, 0.6) is 0 Å². The molecule has 3 heterocycles. The number of hydrogen-bond acceptors (Lipinski definition) is 6. The summed E-state index contributed by atoms with van der Waals surface area (Å²) in [4.78, 5) is 25.9. The molecule has 1 aromatic carbocycles. The number of carbonyl (C=O) groups excluding carboxylic acids is 1. The third-order valence-corrected chi connectivity index (χ3v) is 5.82. The van der Waals surface area contributed by atoms with Crippen molar-refractivity contribution in [3.05, 3.63) is 70.9 Å². The van der Waals surface area contributed by atoms with E-state index in [2.05, 4.69) is 44.5 Å². The summed E-state index contributed by atoms with van der Waals surface area (Å²) < 4.78 is 0. The lowest BCUT2D eigenvalue weighted by molar-refractivity contribution is -0.132. The molecule has 29 heavy (non-hydrogen) atoms. The van der Waals surface area contributed by atoms with Crippen LogP contribution in [0.4, 0.5) is 10.9 Å². The number of benzene rings is 1. The fourth-order valence-corrected chi connectivity index (χ4v) is 4.14. The third kappa shape index (κ3) is 5.40. The van der Waals surface area contributed by atoms with Crippen LogP contribution in [0.1, 0.15) is 16.8 Å². The van der Waals surface area contributed by atoms with Gasteiger partial charge in [0.15, 0.2) is 5.13 Å². The molecule has 1 saturated heterocycles. The Morgan fingerprint density at radius 2 is 1.93 bits per heavy atom. The van der Waals surface area contributed by atoms with Crippen molar-refractivity contribution in [1.82, 2.24) is 19.8 Å². The number of rotatable bonds is 6. The minimum atomic E-state index is 0.148. The highest BCUT2D eigenvalue weighted by Crippen LogP contribution is 2.21. The molecule has 0 radical (unpaired) electrons. The van der Waals surface area contributed by atoms with Gasteiger partial charge in [0, 0.05) is 44.3 Å². The number of aromatic nitrogens is 2. The maximum atomic E-state index is 12.7. The van der Waals surface area contributed by atoms with Crippen LogP contribution in [0.3, 0.4) is 0 Å². The lowest BCUT2D eigenvalue weighted by Gasteiger charge is -2.34. The van der Waals surface area contributed by atoms with Crippen molar-refractivity contribution in [3.63, 3.8) is 0 Å². The smallest absolute Gasteiger partial charge is 0.228 e. The zero-order chi connectivity index (χ0) is 20.1. The first kappa shape index (κ1) is 19.5. The van der Waals surface area contributed by atoms with Crippen LogP contribution in [0, 0.1) is 6.92 Å². The molecule has 0 spiro atoms. The first-order valence-electron chi connectivity index (χ1n) is 9.84. The first-order chi connectivity index (χ1) is 14.2. The van der Waals surface area contributed by atoms with Gasteiger partial charge in [-0.05, 0) is 30.2 Å². The number of nitrogens with zero attached hydrogens (tertiary/aromatic N) is 4. The topological polar surface area (TPSA) is 61.4 Å². The Bertz CT molecular complexity index is 951. The normalized spacial score (nSPS) is 14.7. The van der Waals surface area contributed by atoms with E-state index in [-0.39, 0.29) is 5.91 Å². The largest absolute Gasteiger partial charge is 0.340 e. The van der Waals surface area contributed by atoms with Crippen LogP contribution >= 0.6 is 11.3 Å². The van der Waals surface area contributed by atoms with Crippen LogP contribution < -0.4 is 5.32 Å². The number of piperazine rings is 1. The summed E-state index contributed by atoms with van der Waals surface area (Å²) >= 11 is 1.50. The van der Waals surface area contributed by atoms with E-state index in [1.54, 1.807) is 6.20 Å². The average molecular weight is 408 g/mol. The van der Waals surface area contributed by atoms with E-state index in [1.165, 1.54) is 16.9 Å². The number of thiazole rings is 1. The number of pyridine rings is 1. The highest BCUT2D eigenvalue weighted by atomic mass is 32.1. The summed E-state index contributed by atoms with van der Waals surface area (Å²) in [6, 6.07) is 14.4. The van der Waals surface area contributed by atoms with Crippen molar-refractivity contribution < 1.29 is 4.79 Å². The monoisotopic (exact) mass is 407 g/mol. The fourth-order valence-electron chi connectivity index (χ4n) is 3.42. The van der Waals surface area contributed by atoms with E-state index in [4.69, 9.17) is 0 Å². The average Bonchev–Trinajstić information content (AvgIpc) is 3.16. The highest BCUT2D eigenvalue weighted by Gasteiger charge is 2.22. The molecule has 1 aliphatic rings. The molecule has 0 unspecified atom stereocenters. The number of carbonyl (C=O) groups is 1. The Balaban J connectivity index is 1.26. The fraction of sp³-hybridized carbons (Fsp3) is 0.318. The van der Waals surface area contributed by atoms with Gasteiger partial charge in [0.25, 0.3) is 0 Å². The zero-order valence-electron chi connectivity index (χ0n) is 16.5. The second kappa shape index (κ2) is 9.15. The van der Waals surface area contributed by atoms with Gasteiger partial charge in [-0.15, -0.1) is 11.3 Å². The summed E-state index contributed by atoms with van der Waals surface area (Å²) in [5.74, 6) is 0.918. The second-order valence-electron chi connectivity index (χ2n) is 7.31. The van der Waals surface area contributed by atoms with E-state index < -0.39 is 0 Å². The SMILES string of the molecule is Cc1ccnc(Nc2nc(CC(=O)N3CCN(Cc4ccccc4)CC3)cs2)c1. The van der Waals surface area contributed by atoms with E-state index in [0.29, 0.717) is 6.42 Å². The van der Waals surface area contributed by atoms with Crippen molar-refractivity contribution in [3.8, 4) is 0 Å². The van der Waals surface area contributed by atoms with Crippen molar-refractivity contribution in [2.75, 3.05) is 31.5 Å². The zero-order valence-corrected chi connectivity index (χ0v) is 17.4. The Morgan fingerprint density at radius 1 is 1.14 bits per heavy atom. The summed E-state index contributed by atoms with van der Waals surface area (Å²) in [5.41, 5.74) is 3.26. The Morgan fingerprint density at radius 3 is 2.69 bits per heavy atom. The number of aryl methyl sites for hydroxylation is 1. The van der Waals surface area contributed by atoms with Gasteiger partial charge in [0.2, 0.25) is 5.91 Å². The third-order valence-electron chi connectivity index (χ3n) is 5.01. The Labute approximate surface area is 175 Å². The van der Waals surface area contributed by atoms with Crippen molar-refractivity contribution >= 4 is 28.2 Å². The molecule has 0 saturated carbocycles.